The Labute approximate surface area is 104 Å². The summed E-state index contributed by atoms with van der Waals surface area (Å²) in [5.41, 5.74) is 6.51. The molecule has 0 unspecified atom stereocenters. The zero-order valence-corrected chi connectivity index (χ0v) is 9.79. The third kappa shape index (κ3) is 2.57. The van der Waals surface area contributed by atoms with E-state index in [1.807, 2.05) is 12.1 Å². The van der Waals surface area contributed by atoms with E-state index in [2.05, 4.69) is 9.72 Å². The molecule has 0 saturated heterocycles. The van der Waals surface area contributed by atoms with Gasteiger partial charge >= 0.3 is 5.97 Å². The van der Waals surface area contributed by atoms with Crippen LogP contribution in [-0.4, -0.2) is 18.1 Å². The molecule has 0 amide bonds. The van der Waals surface area contributed by atoms with Gasteiger partial charge in [0.2, 0.25) is 0 Å². The van der Waals surface area contributed by atoms with Crippen molar-refractivity contribution in [2.45, 2.75) is 0 Å². The lowest BCUT2D eigenvalue weighted by molar-refractivity contribution is 0.0594. The molecule has 1 heterocycles. The van der Waals surface area contributed by atoms with E-state index in [4.69, 9.17) is 10.5 Å². The molecule has 0 atom stereocenters. The molecule has 0 aliphatic rings. The van der Waals surface area contributed by atoms with Gasteiger partial charge in [-0.25, -0.2) is 9.78 Å². The molecular formula is C13H12N2O3. The van der Waals surface area contributed by atoms with Gasteiger partial charge in [-0.05, 0) is 24.3 Å². The quantitative estimate of drug-likeness (QED) is 0.662. The van der Waals surface area contributed by atoms with Crippen molar-refractivity contribution in [1.82, 2.24) is 4.98 Å². The average Bonchev–Trinajstić information content (AvgIpc) is 2.41. The number of nitrogens with two attached hydrogens (primary N) is 1. The summed E-state index contributed by atoms with van der Waals surface area (Å²) in [4.78, 5) is 15.1. The molecule has 92 valence electrons. The Morgan fingerprint density at radius 3 is 2.61 bits per heavy atom. The maximum absolute atomic E-state index is 11.2. The zero-order valence-electron chi connectivity index (χ0n) is 9.79. The van der Waals surface area contributed by atoms with E-state index in [1.54, 1.807) is 18.2 Å². The highest BCUT2D eigenvalue weighted by molar-refractivity contribution is 5.87. The molecule has 0 aliphatic heterocycles. The Balaban J connectivity index is 2.16. The topological polar surface area (TPSA) is 74.4 Å². The van der Waals surface area contributed by atoms with Gasteiger partial charge in [0.1, 0.15) is 17.2 Å². The third-order valence-electron chi connectivity index (χ3n) is 2.28. The lowest BCUT2D eigenvalue weighted by atomic mass is 10.3. The second-order valence-corrected chi connectivity index (χ2v) is 3.51. The Morgan fingerprint density at radius 2 is 2.00 bits per heavy atom. The van der Waals surface area contributed by atoms with Gasteiger partial charge in [-0.3, -0.25) is 0 Å². The molecule has 0 saturated carbocycles. The number of methoxy groups -OCH3 is 1. The highest BCUT2D eigenvalue weighted by Gasteiger charge is 2.07. The number of anilines is 1. The predicted octanol–water partition coefficient (Wildman–Crippen LogP) is 2.24. The third-order valence-corrected chi connectivity index (χ3v) is 2.28. The number of carbonyl (C=O) groups excluding carboxylic acids is 1. The van der Waals surface area contributed by atoms with Crippen LogP contribution in [0.25, 0.3) is 0 Å². The Bertz CT molecular complexity index is 552. The van der Waals surface area contributed by atoms with Crippen LogP contribution in [-0.2, 0) is 4.74 Å². The van der Waals surface area contributed by atoms with Crippen LogP contribution in [0, 0.1) is 0 Å². The summed E-state index contributed by atoms with van der Waals surface area (Å²) in [6.45, 7) is 0. The summed E-state index contributed by atoms with van der Waals surface area (Å²) < 4.78 is 10.1. The van der Waals surface area contributed by atoms with Crippen molar-refractivity contribution in [3.05, 3.63) is 48.3 Å². The summed E-state index contributed by atoms with van der Waals surface area (Å²) in [5, 5.41) is 0. The van der Waals surface area contributed by atoms with E-state index in [0.29, 0.717) is 17.2 Å². The predicted molar refractivity (Wildman–Crippen MR) is 66.5 cm³/mol. The van der Waals surface area contributed by atoms with Gasteiger partial charge in [-0.1, -0.05) is 12.1 Å². The van der Waals surface area contributed by atoms with Crippen LogP contribution in [0.3, 0.4) is 0 Å². The lowest BCUT2D eigenvalue weighted by Crippen LogP contribution is -2.03. The molecule has 0 bridgehead atoms. The van der Waals surface area contributed by atoms with Crippen molar-refractivity contribution in [2.75, 3.05) is 12.8 Å². The molecule has 0 fully saturated rings. The van der Waals surface area contributed by atoms with Gasteiger partial charge < -0.3 is 15.2 Å². The van der Waals surface area contributed by atoms with Crippen molar-refractivity contribution in [2.24, 2.45) is 0 Å². The lowest BCUT2D eigenvalue weighted by Gasteiger charge is -2.07. The minimum Gasteiger partial charge on any atom is -0.464 e. The van der Waals surface area contributed by atoms with Crippen LogP contribution >= 0.6 is 0 Å². The zero-order chi connectivity index (χ0) is 13.0. The number of para-hydroxylation sites is 2. The molecule has 0 aliphatic carbocycles. The number of rotatable bonds is 3. The van der Waals surface area contributed by atoms with E-state index in [-0.39, 0.29) is 5.69 Å². The van der Waals surface area contributed by atoms with Crippen LogP contribution < -0.4 is 10.5 Å². The first-order chi connectivity index (χ1) is 8.70. The summed E-state index contributed by atoms with van der Waals surface area (Å²) in [6, 6.07) is 10.3. The molecule has 1 aromatic carbocycles. The smallest absolute Gasteiger partial charge is 0.356 e. The number of pyridine rings is 1. The van der Waals surface area contributed by atoms with Crippen LogP contribution in [0.2, 0.25) is 0 Å². The van der Waals surface area contributed by atoms with Crippen molar-refractivity contribution in [1.29, 1.82) is 0 Å². The van der Waals surface area contributed by atoms with Crippen LogP contribution in [0.15, 0.2) is 42.6 Å². The minimum absolute atomic E-state index is 0.228. The minimum atomic E-state index is -0.485. The highest BCUT2D eigenvalue weighted by atomic mass is 16.5. The summed E-state index contributed by atoms with van der Waals surface area (Å²) in [5.74, 6) is 0.562. The van der Waals surface area contributed by atoms with Crippen molar-refractivity contribution >= 4 is 11.7 Å². The standard InChI is InChI=1S/C13H12N2O3/c1-17-13(16)11-7-6-9(8-15-11)18-12-5-3-2-4-10(12)14/h2-8H,14H2,1H3. The first-order valence-corrected chi connectivity index (χ1v) is 5.27. The Morgan fingerprint density at radius 1 is 1.22 bits per heavy atom. The van der Waals surface area contributed by atoms with Gasteiger partial charge in [0.15, 0.2) is 0 Å². The molecule has 18 heavy (non-hydrogen) atoms. The van der Waals surface area contributed by atoms with Crippen molar-refractivity contribution in [3.63, 3.8) is 0 Å². The number of esters is 1. The Kier molecular flexibility index (Phi) is 3.43. The molecule has 5 nitrogen and oxygen atoms in total. The molecule has 2 aromatic rings. The van der Waals surface area contributed by atoms with Gasteiger partial charge in [0.25, 0.3) is 0 Å². The summed E-state index contributed by atoms with van der Waals surface area (Å²) in [7, 11) is 1.30. The molecule has 2 N–H and O–H groups in total. The fourth-order valence-corrected chi connectivity index (χ4v) is 1.37. The van der Waals surface area contributed by atoms with E-state index in [0.717, 1.165) is 0 Å². The number of hydrogen-bond donors (Lipinski definition) is 1. The largest absolute Gasteiger partial charge is 0.464 e. The number of nitrogen functional groups attached to an aromatic ring is 1. The number of aromatic nitrogens is 1. The number of benzene rings is 1. The van der Waals surface area contributed by atoms with Gasteiger partial charge in [0.05, 0.1) is 19.0 Å². The van der Waals surface area contributed by atoms with Crippen LogP contribution in [0.4, 0.5) is 5.69 Å². The van der Waals surface area contributed by atoms with Crippen molar-refractivity contribution in [3.8, 4) is 11.5 Å². The molecule has 0 radical (unpaired) electrons. The summed E-state index contributed by atoms with van der Waals surface area (Å²) in [6.07, 6.45) is 1.44. The SMILES string of the molecule is COC(=O)c1ccc(Oc2ccccc2N)cn1. The maximum atomic E-state index is 11.2. The highest BCUT2D eigenvalue weighted by Crippen LogP contribution is 2.26. The number of hydrogen-bond acceptors (Lipinski definition) is 5. The van der Waals surface area contributed by atoms with Gasteiger partial charge in [-0.15, -0.1) is 0 Å². The fraction of sp³-hybridized carbons (Fsp3) is 0.0769. The molecule has 0 spiro atoms. The molecule has 1 aromatic heterocycles. The van der Waals surface area contributed by atoms with E-state index >= 15 is 0 Å². The van der Waals surface area contributed by atoms with E-state index in [1.165, 1.54) is 19.4 Å². The fourth-order valence-electron chi connectivity index (χ4n) is 1.37. The first-order valence-electron chi connectivity index (χ1n) is 5.27. The number of ether oxygens (including phenoxy) is 2. The first kappa shape index (κ1) is 11.9. The second kappa shape index (κ2) is 5.18. The molecule has 2 rings (SSSR count). The average molecular weight is 244 g/mol. The van der Waals surface area contributed by atoms with Crippen LogP contribution in [0.5, 0.6) is 11.5 Å². The molecule has 5 heteroatoms. The maximum Gasteiger partial charge on any atom is 0.356 e. The van der Waals surface area contributed by atoms with Gasteiger partial charge in [-0.2, -0.15) is 0 Å². The number of carbonyl (C=O) groups is 1. The van der Waals surface area contributed by atoms with Crippen molar-refractivity contribution < 1.29 is 14.3 Å². The van der Waals surface area contributed by atoms with Gasteiger partial charge in [0, 0.05) is 0 Å². The second-order valence-electron chi connectivity index (χ2n) is 3.51. The number of nitrogens with zero attached hydrogens (tertiary/aromatic N) is 1. The normalized spacial score (nSPS) is 9.83. The monoisotopic (exact) mass is 244 g/mol. The molecular weight excluding hydrogens is 232 g/mol. The van der Waals surface area contributed by atoms with E-state index < -0.39 is 5.97 Å². The van der Waals surface area contributed by atoms with E-state index in [9.17, 15) is 4.79 Å². The Hall–Kier alpha value is -2.56. The summed E-state index contributed by atoms with van der Waals surface area (Å²) >= 11 is 0. The van der Waals surface area contributed by atoms with Crippen LogP contribution in [0.1, 0.15) is 10.5 Å².